The van der Waals surface area contributed by atoms with Crippen LogP contribution in [0.5, 0.6) is 11.6 Å². The number of fused-ring (bicyclic) bond motifs is 4. The number of aryl methyl sites for hydroxylation is 1. The average Bonchev–Trinajstić information content (AvgIpc) is 3.94. The Bertz CT molecular complexity index is 3300. The Morgan fingerprint density at radius 3 is 2.48 bits per heavy atom. The summed E-state index contributed by atoms with van der Waals surface area (Å²) in [5, 5.41) is 16.3. The van der Waals surface area contributed by atoms with Gasteiger partial charge < -0.3 is 48.8 Å². The van der Waals surface area contributed by atoms with Crippen molar-refractivity contribution in [3.8, 4) is 11.6 Å². The Labute approximate surface area is 444 Å². The number of morpholine rings is 1. The normalized spacial score (nSPS) is 27.5. The largest absolute Gasteiger partial charge is 0.489 e. The van der Waals surface area contributed by atoms with E-state index in [9.17, 15) is 37.7 Å². The second kappa shape index (κ2) is 19.5. The number of aromatic nitrogens is 2. The van der Waals surface area contributed by atoms with E-state index in [1.807, 2.05) is 29.2 Å². The number of carbonyl (C=O) groups is 1. The summed E-state index contributed by atoms with van der Waals surface area (Å²) in [6, 6.07) is 18.8. The molecule has 0 bridgehead atoms. The SMILES string of the molecule is Cc1ccccc1[C@@H]1COCCN1C1CC2(CCN(c3ccc(C(=O)NS(=O)(=O)c4cc5c(c([N+](=O)[O-])c4)N[C@@H](C4(F)CCC(C)(OP(=O)(O)O)CC4)CO5)c(N4c5cc6cc[nH]c6nc5O[C@H]5COCC[C@@H]54)c3)CC2)C1. The molecular weight excluding hydrogens is 1040 g/mol. The number of alkyl halides is 1. The molecule has 1 amide bonds. The third kappa shape index (κ3) is 9.80. The van der Waals surface area contributed by atoms with E-state index in [0.717, 1.165) is 75.1 Å². The van der Waals surface area contributed by atoms with Crippen LogP contribution in [-0.4, -0.2) is 132 Å². The van der Waals surface area contributed by atoms with Crippen LogP contribution in [0.15, 0.2) is 77.8 Å². The van der Waals surface area contributed by atoms with Crippen LogP contribution in [0.3, 0.4) is 0 Å². The van der Waals surface area contributed by atoms with E-state index >= 15 is 4.39 Å². The number of hydrogen-bond acceptors (Lipinski definition) is 16. The highest BCUT2D eigenvalue weighted by Gasteiger charge is 2.52. The van der Waals surface area contributed by atoms with Gasteiger partial charge in [-0.1, -0.05) is 24.3 Å². The minimum Gasteiger partial charge on any atom is -0.489 e. The Morgan fingerprint density at radius 2 is 1.73 bits per heavy atom. The molecule has 7 aliphatic rings. The van der Waals surface area contributed by atoms with Crippen molar-refractivity contribution in [1.29, 1.82) is 0 Å². The fraction of sp³-hybridized carbons (Fsp3) is 0.509. The van der Waals surface area contributed by atoms with Crippen molar-refractivity contribution in [3.63, 3.8) is 0 Å². The van der Waals surface area contributed by atoms with Crippen molar-refractivity contribution in [2.24, 2.45) is 5.41 Å². The van der Waals surface area contributed by atoms with Crippen LogP contribution in [0.2, 0.25) is 0 Å². The molecule has 3 aromatic carbocycles. The van der Waals surface area contributed by atoms with Gasteiger partial charge in [-0.05, 0) is 119 Å². The molecule has 24 heteroatoms. The number of amides is 1. The Morgan fingerprint density at radius 1 is 0.961 bits per heavy atom. The van der Waals surface area contributed by atoms with E-state index in [1.54, 1.807) is 12.3 Å². The molecule has 5 aliphatic heterocycles. The number of phosphoric ester groups is 1. The lowest BCUT2D eigenvalue weighted by atomic mass is 9.59. The monoisotopic (exact) mass is 1100 g/mol. The number of halogens is 1. The maximum atomic E-state index is 16.6. The number of hydrogen-bond donors (Lipinski definition) is 5. The summed E-state index contributed by atoms with van der Waals surface area (Å²) in [6.07, 6.45) is 5.43. The van der Waals surface area contributed by atoms with Crippen molar-refractivity contribution < 1.29 is 60.3 Å². The second-order valence-corrected chi connectivity index (χ2v) is 25.0. The molecule has 2 aromatic heterocycles. The number of rotatable bonds is 11. The Kier molecular flexibility index (Phi) is 13.1. The fourth-order valence-electron chi connectivity index (χ4n) is 13.1. The molecule has 2 saturated carbocycles. The van der Waals surface area contributed by atoms with Gasteiger partial charge in [-0.25, -0.2) is 22.1 Å². The number of nitrogens with one attached hydrogen (secondary N) is 3. The Hall–Kier alpha value is -5.91. The smallest absolute Gasteiger partial charge is 0.470 e. The van der Waals surface area contributed by atoms with Gasteiger partial charge in [0.2, 0.25) is 5.88 Å². The number of nitro benzene ring substituents is 1. The van der Waals surface area contributed by atoms with Crippen molar-refractivity contribution >= 4 is 63.2 Å². The zero-order valence-electron chi connectivity index (χ0n) is 42.7. The summed E-state index contributed by atoms with van der Waals surface area (Å²) in [4.78, 5) is 59.8. The molecule has 0 unspecified atom stereocenters. The van der Waals surface area contributed by atoms with Gasteiger partial charge in [0.05, 0.1) is 64.6 Å². The zero-order chi connectivity index (χ0) is 53.6. The number of pyridine rings is 1. The van der Waals surface area contributed by atoms with Crippen LogP contribution in [0.4, 0.5) is 32.8 Å². The van der Waals surface area contributed by atoms with E-state index < -0.39 is 62.7 Å². The first-order valence-electron chi connectivity index (χ1n) is 26.3. The molecule has 410 valence electrons. The molecule has 12 rings (SSSR count). The molecular formula is C53H62FN8O13PS. The highest BCUT2D eigenvalue weighted by Crippen LogP contribution is 2.55. The van der Waals surface area contributed by atoms with Gasteiger partial charge in [0.25, 0.3) is 21.6 Å². The van der Waals surface area contributed by atoms with Crippen molar-refractivity contribution in [2.75, 3.05) is 67.8 Å². The lowest BCUT2D eigenvalue weighted by Gasteiger charge is -2.57. The minimum absolute atomic E-state index is 0.0184. The van der Waals surface area contributed by atoms with Crippen LogP contribution < -0.4 is 29.3 Å². The predicted octanol–water partition coefficient (Wildman–Crippen LogP) is 7.73. The van der Waals surface area contributed by atoms with Crippen molar-refractivity contribution in [3.05, 3.63) is 99.7 Å². The molecule has 3 saturated heterocycles. The summed E-state index contributed by atoms with van der Waals surface area (Å²) >= 11 is 0. The van der Waals surface area contributed by atoms with E-state index in [-0.39, 0.29) is 73.4 Å². The molecule has 21 nitrogen and oxygen atoms in total. The molecule has 77 heavy (non-hydrogen) atoms. The van der Waals surface area contributed by atoms with E-state index in [4.69, 9.17) is 28.5 Å². The number of H-pyrrole nitrogens is 1. The summed E-state index contributed by atoms with van der Waals surface area (Å²) in [7, 11) is -9.73. The highest BCUT2D eigenvalue weighted by atomic mass is 32.2. The van der Waals surface area contributed by atoms with Crippen LogP contribution in [0.1, 0.15) is 92.2 Å². The predicted molar refractivity (Wildman–Crippen MR) is 281 cm³/mol. The van der Waals surface area contributed by atoms with Crippen LogP contribution in [-0.2, 0) is 28.6 Å². The van der Waals surface area contributed by atoms with Gasteiger partial charge in [0, 0.05) is 61.7 Å². The number of piperidine rings is 1. The molecule has 1 spiro atoms. The van der Waals surface area contributed by atoms with Crippen molar-refractivity contribution in [2.45, 2.75) is 118 Å². The number of nitrogens with zero attached hydrogens (tertiary/aromatic N) is 5. The lowest BCUT2D eigenvalue weighted by Crippen LogP contribution is -2.58. The van der Waals surface area contributed by atoms with Gasteiger partial charge in [-0.3, -0.25) is 24.3 Å². The molecule has 0 radical (unpaired) electrons. The zero-order valence-corrected chi connectivity index (χ0v) is 44.4. The van der Waals surface area contributed by atoms with Gasteiger partial charge in [-0.15, -0.1) is 0 Å². The highest BCUT2D eigenvalue weighted by molar-refractivity contribution is 7.90. The number of carbonyl (C=O) groups excluding carboxylic acids is 1. The number of aromatic amines is 1. The van der Waals surface area contributed by atoms with Crippen molar-refractivity contribution in [1.82, 2.24) is 19.6 Å². The van der Waals surface area contributed by atoms with E-state index in [0.29, 0.717) is 48.6 Å². The Balaban J connectivity index is 0.822. The number of benzene rings is 3. The standard InChI is InChI=1S/C53H62FN8O13PS/c1-32-5-3-4-6-37(32)43-29-72-22-20-60(43)35-27-52(28-35)15-18-59(19-16-52)34-7-8-38(40(24-34)61-39-10-21-71-30-45(39)74-50-42(61)23-33-9-17-55-48(33)57-50)49(63)58-77(69,70)36-25-41(62(64)65)47-44(26-36)73-31-46(56-47)53(54)13-11-51(2,12-14-53)75-76(66,67)68/h3-9,17,23-26,35,39,43,45-46,56H,10-16,18-22,27-31H2,1-2H3,(H,55,57)(H,58,63)(H2,66,67,68)/t39-,43-,45-,46+,51?,53?/m0/s1. The first-order valence-corrected chi connectivity index (χ1v) is 29.3. The average molecular weight is 1100 g/mol. The number of ether oxygens (including phenoxy) is 4. The first-order chi connectivity index (χ1) is 36.8. The molecule has 2 aliphatic carbocycles. The molecule has 4 atom stereocenters. The summed E-state index contributed by atoms with van der Waals surface area (Å²) in [5.41, 5.74) is 0.952. The molecule has 5 aromatic rings. The number of nitro groups is 1. The summed E-state index contributed by atoms with van der Waals surface area (Å²) < 4.78 is 88.5. The quantitative estimate of drug-likeness (QED) is 0.0481. The van der Waals surface area contributed by atoms with Gasteiger partial charge in [0.15, 0.2) is 11.4 Å². The van der Waals surface area contributed by atoms with E-state index in [1.165, 1.54) is 18.1 Å². The number of sulfonamides is 1. The third-order valence-corrected chi connectivity index (χ3v) is 19.4. The maximum absolute atomic E-state index is 16.6. The first kappa shape index (κ1) is 51.8. The molecule has 5 fully saturated rings. The topological polar surface area (TPSA) is 260 Å². The minimum atomic E-state index is -4.87. The summed E-state index contributed by atoms with van der Waals surface area (Å²) in [6.45, 7) is 7.79. The third-order valence-electron chi connectivity index (χ3n) is 17.4. The molecule has 7 heterocycles. The lowest BCUT2D eigenvalue weighted by molar-refractivity contribution is -0.384. The van der Waals surface area contributed by atoms with Gasteiger partial charge in [0.1, 0.15) is 29.7 Å². The van der Waals surface area contributed by atoms with Gasteiger partial charge >= 0.3 is 7.82 Å². The maximum Gasteiger partial charge on any atom is 0.470 e. The van der Waals surface area contributed by atoms with Crippen LogP contribution >= 0.6 is 7.82 Å². The molecule has 5 N–H and O–H groups in total. The fourth-order valence-corrected chi connectivity index (χ4v) is 14.9. The van der Waals surface area contributed by atoms with E-state index in [2.05, 4.69) is 56.0 Å². The van der Waals surface area contributed by atoms with Gasteiger partial charge in [-0.2, -0.15) is 4.98 Å². The number of phosphoric acid groups is 1. The summed E-state index contributed by atoms with van der Waals surface area (Å²) in [5.74, 6) is -0.919. The van der Waals surface area contributed by atoms with Crippen LogP contribution in [0, 0.1) is 22.5 Å². The second-order valence-electron chi connectivity index (χ2n) is 22.2. The number of anilines is 4. The van der Waals surface area contributed by atoms with Crippen LogP contribution in [0.25, 0.3) is 11.0 Å².